The third-order valence-electron chi connectivity index (χ3n) is 3.79. The molecule has 124 valence electrons. The first-order chi connectivity index (χ1) is 10.8. The summed E-state index contributed by atoms with van der Waals surface area (Å²) in [6.45, 7) is 12.3. The topological polar surface area (TPSA) is 54.9 Å². The molecule has 2 aromatic rings. The molecule has 0 spiro atoms. The molecule has 0 aliphatic heterocycles. The molecule has 0 atom stereocenters. The number of nitrogens with zero attached hydrogens (tertiary/aromatic N) is 2. The van der Waals surface area contributed by atoms with E-state index in [0.717, 1.165) is 26.2 Å². The van der Waals surface area contributed by atoms with Gasteiger partial charge in [-0.25, -0.2) is 0 Å². The number of carbonyl (C=O) groups excluding carboxylic acids is 1. The monoisotopic (exact) mass is 349 g/mol. The number of hydrogen-bond acceptors (Lipinski definition) is 6. The van der Waals surface area contributed by atoms with Crippen LogP contribution in [0.3, 0.4) is 0 Å². The molecular weight excluding hydrogens is 326 g/mol. The second-order valence-electron chi connectivity index (χ2n) is 6.02. The van der Waals surface area contributed by atoms with Crippen molar-refractivity contribution in [1.82, 2.24) is 10.2 Å². The normalized spacial score (nSPS) is 11.1. The summed E-state index contributed by atoms with van der Waals surface area (Å²) in [5, 5.41) is 12.3. The number of hydrogen-bond donors (Lipinski definition) is 1. The van der Waals surface area contributed by atoms with Gasteiger partial charge in [0.2, 0.25) is 5.13 Å². The van der Waals surface area contributed by atoms with Gasteiger partial charge in [-0.15, -0.1) is 10.2 Å². The summed E-state index contributed by atoms with van der Waals surface area (Å²) in [5.41, 5.74) is 5.36. The zero-order valence-electron chi connectivity index (χ0n) is 14.5. The predicted octanol–water partition coefficient (Wildman–Crippen LogP) is 4.57. The molecule has 1 aromatic carbocycles. The molecular formula is C17H23N3OS2. The summed E-state index contributed by atoms with van der Waals surface area (Å²) in [7, 11) is 0. The Morgan fingerprint density at radius 2 is 1.78 bits per heavy atom. The zero-order valence-corrected chi connectivity index (χ0v) is 16.1. The van der Waals surface area contributed by atoms with Crippen LogP contribution in [0, 0.1) is 27.7 Å². The summed E-state index contributed by atoms with van der Waals surface area (Å²) >= 11 is 2.95. The molecule has 0 unspecified atom stereocenters. The van der Waals surface area contributed by atoms with Crippen molar-refractivity contribution in [3.8, 4) is 0 Å². The summed E-state index contributed by atoms with van der Waals surface area (Å²) < 4.78 is 0.821. The van der Waals surface area contributed by atoms with Crippen LogP contribution in [0.1, 0.15) is 46.5 Å². The fourth-order valence-corrected chi connectivity index (χ4v) is 4.18. The van der Waals surface area contributed by atoms with Crippen molar-refractivity contribution in [2.45, 2.75) is 51.9 Å². The Morgan fingerprint density at radius 1 is 1.17 bits per heavy atom. The van der Waals surface area contributed by atoms with E-state index in [1.807, 2.05) is 13.8 Å². The van der Waals surface area contributed by atoms with Gasteiger partial charge in [-0.05, 0) is 63.8 Å². The molecule has 0 aliphatic carbocycles. The van der Waals surface area contributed by atoms with Gasteiger partial charge in [-0.3, -0.25) is 4.79 Å². The molecule has 0 amide bonds. The van der Waals surface area contributed by atoms with Crippen LogP contribution in [0.15, 0.2) is 10.4 Å². The Labute approximate surface area is 146 Å². The highest BCUT2D eigenvalue weighted by Crippen LogP contribution is 2.28. The summed E-state index contributed by atoms with van der Waals surface area (Å²) in [6, 6.07) is 2.46. The number of nitrogens with one attached hydrogen (secondary N) is 1. The van der Waals surface area contributed by atoms with Crippen LogP contribution < -0.4 is 5.32 Å². The minimum atomic E-state index is 0.158. The van der Waals surface area contributed by atoms with Gasteiger partial charge in [0.05, 0.1) is 5.75 Å². The molecule has 1 aromatic heterocycles. The number of benzene rings is 1. The zero-order chi connectivity index (χ0) is 17.1. The lowest BCUT2D eigenvalue weighted by Gasteiger charge is -2.13. The third kappa shape index (κ3) is 4.32. The van der Waals surface area contributed by atoms with E-state index < -0.39 is 0 Å². The molecule has 4 nitrogen and oxygen atoms in total. The minimum absolute atomic E-state index is 0.158. The molecule has 0 radical (unpaired) electrons. The maximum Gasteiger partial charge on any atom is 0.206 e. The highest BCUT2D eigenvalue weighted by atomic mass is 32.2. The number of aryl methyl sites for hydroxylation is 2. The predicted molar refractivity (Wildman–Crippen MR) is 99.1 cm³/mol. The van der Waals surface area contributed by atoms with Crippen molar-refractivity contribution in [2.24, 2.45) is 0 Å². The molecule has 1 N–H and O–H groups in total. The van der Waals surface area contributed by atoms with E-state index >= 15 is 0 Å². The van der Waals surface area contributed by atoms with Gasteiger partial charge >= 0.3 is 0 Å². The van der Waals surface area contributed by atoms with Gasteiger partial charge in [-0.2, -0.15) is 0 Å². The molecule has 0 bridgehead atoms. The standard InChI is InChI=1S/C17H23N3OS2/c1-9(2)18-16-19-20-17(23-16)22-8-14(21)15-12(5)10(3)7-11(4)13(15)6/h7,9H,8H2,1-6H3,(H,18,19). The summed E-state index contributed by atoms with van der Waals surface area (Å²) in [5.74, 6) is 0.548. The average Bonchev–Trinajstić information content (AvgIpc) is 2.90. The highest BCUT2D eigenvalue weighted by molar-refractivity contribution is 8.01. The van der Waals surface area contributed by atoms with Crippen LogP contribution in [0.2, 0.25) is 0 Å². The molecule has 0 saturated carbocycles. The molecule has 6 heteroatoms. The second-order valence-corrected chi connectivity index (χ2v) is 8.22. The molecule has 0 fully saturated rings. The van der Waals surface area contributed by atoms with Gasteiger partial charge in [0.1, 0.15) is 0 Å². The molecule has 1 heterocycles. The lowest BCUT2D eigenvalue weighted by Crippen LogP contribution is -2.09. The number of rotatable bonds is 6. The van der Waals surface area contributed by atoms with Gasteiger partial charge < -0.3 is 5.32 Å². The van der Waals surface area contributed by atoms with E-state index in [1.165, 1.54) is 34.2 Å². The van der Waals surface area contributed by atoms with Crippen molar-refractivity contribution in [2.75, 3.05) is 11.1 Å². The Balaban J connectivity index is 2.10. The van der Waals surface area contributed by atoms with Crippen LogP contribution in [0.25, 0.3) is 0 Å². The Hall–Kier alpha value is -1.40. The Kier molecular flexibility index (Phi) is 5.81. The van der Waals surface area contributed by atoms with Gasteiger partial charge in [-0.1, -0.05) is 29.2 Å². The summed E-state index contributed by atoms with van der Waals surface area (Å²) in [6.07, 6.45) is 0. The third-order valence-corrected chi connectivity index (χ3v) is 5.78. The lowest BCUT2D eigenvalue weighted by molar-refractivity contribution is 0.102. The molecule has 23 heavy (non-hydrogen) atoms. The number of anilines is 1. The largest absolute Gasteiger partial charge is 0.358 e. The molecule has 2 rings (SSSR count). The number of ketones is 1. The van der Waals surface area contributed by atoms with Crippen LogP contribution >= 0.6 is 23.1 Å². The Bertz CT molecular complexity index is 697. The highest BCUT2D eigenvalue weighted by Gasteiger charge is 2.17. The van der Waals surface area contributed by atoms with E-state index in [9.17, 15) is 4.79 Å². The first kappa shape index (κ1) is 17.9. The number of Topliss-reactive ketones (excluding diaryl/α,β-unsaturated/α-hetero) is 1. The van der Waals surface area contributed by atoms with E-state index in [0.29, 0.717) is 11.8 Å². The number of aromatic nitrogens is 2. The van der Waals surface area contributed by atoms with Crippen LogP contribution in [-0.4, -0.2) is 27.8 Å². The SMILES string of the molecule is Cc1cc(C)c(C)c(C(=O)CSc2nnc(NC(C)C)s2)c1C. The van der Waals surface area contributed by atoms with E-state index in [1.54, 1.807) is 0 Å². The number of thioether (sulfide) groups is 1. The van der Waals surface area contributed by atoms with Gasteiger partial charge in [0.25, 0.3) is 0 Å². The van der Waals surface area contributed by atoms with E-state index in [2.05, 4.69) is 49.3 Å². The first-order valence-electron chi connectivity index (χ1n) is 7.63. The van der Waals surface area contributed by atoms with Crippen molar-refractivity contribution < 1.29 is 4.79 Å². The van der Waals surface area contributed by atoms with E-state index in [4.69, 9.17) is 0 Å². The van der Waals surface area contributed by atoms with Crippen molar-refractivity contribution in [3.63, 3.8) is 0 Å². The maximum absolute atomic E-state index is 12.7. The van der Waals surface area contributed by atoms with E-state index in [-0.39, 0.29) is 5.78 Å². The Morgan fingerprint density at radius 3 is 2.35 bits per heavy atom. The van der Waals surface area contributed by atoms with Crippen LogP contribution in [0.4, 0.5) is 5.13 Å². The van der Waals surface area contributed by atoms with Crippen LogP contribution in [0.5, 0.6) is 0 Å². The average molecular weight is 350 g/mol. The van der Waals surface area contributed by atoms with Crippen molar-refractivity contribution >= 4 is 34.0 Å². The summed E-state index contributed by atoms with van der Waals surface area (Å²) in [4.78, 5) is 12.7. The fraction of sp³-hybridized carbons (Fsp3) is 0.471. The van der Waals surface area contributed by atoms with Crippen molar-refractivity contribution in [1.29, 1.82) is 0 Å². The van der Waals surface area contributed by atoms with Crippen LogP contribution in [-0.2, 0) is 0 Å². The van der Waals surface area contributed by atoms with Crippen molar-refractivity contribution in [3.05, 3.63) is 33.9 Å². The quantitative estimate of drug-likeness (QED) is 0.612. The minimum Gasteiger partial charge on any atom is -0.358 e. The van der Waals surface area contributed by atoms with Gasteiger partial charge in [0, 0.05) is 11.6 Å². The fourth-order valence-electron chi connectivity index (χ4n) is 2.41. The number of carbonyl (C=O) groups is 1. The maximum atomic E-state index is 12.7. The first-order valence-corrected chi connectivity index (χ1v) is 9.43. The second kappa shape index (κ2) is 7.45. The van der Waals surface area contributed by atoms with Gasteiger partial charge in [0.15, 0.2) is 10.1 Å². The lowest BCUT2D eigenvalue weighted by atomic mass is 9.92. The smallest absolute Gasteiger partial charge is 0.206 e. The molecule has 0 saturated heterocycles. The molecule has 0 aliphatic rings.